The number of carbonyl (C=O) groups is 2. The average Bonchev–Trinajstić information content (AvgIpc) is 3.28. The molecule has 0 saturated carbocycles. The van der Waals surface area contributed by atoms with Crippen LogP contribution >= 0.6 is 0 Å². The number of alkyl halides is 3. The van der Waals surface area contributed by atoms with E-state index < -0.39 is 43.0 Å². The Morgan fingerprint density at radius 3 is 2.56 bits per heavy atom. The minimum absolute atomic E-state index is 0.00607. The largest absolute Gasteiger partial charge is 0.518 e. The summed E-state index contributed by atoms with van der Waals surface area (Å²) in [6.45, 7) is 1.96. The first kappa shape index (κ1) is 19.4. The molecule has 1 amide bonds. The summed E-state index contributed by atoms with van der Waals surface area (Å²) in [4.78, 5) is 24.2. The van der Waals surface area contributed by atoms with E-state index in [1.807, 2.05) is 0 Å². The number of nitrogens with zero attached hydrogens (tertiary/aromatic N) is 1. The molecule has 0 aromatic heterocycles. The zero-order valence-corrected chi connectivity index (χ0v) is 13.8. The van der Waals surface area contributed by atoms with Crippen LogP contribution in [0.15, 0.2) is 23.3 Å². The van der Waals surface area contributed by atoms with Gasteiger partial charge in [-0.25, -0.2) is 10.6 Å². The van der Waals surface area contributed by atoms with E-state index in [-0.39, 0.29) is 18.6 Å². The van der Waals surface area contributed by atoms with Gasteiger partial charge in [0.15, 0.2) is 0 Å². The zero-order chi connectivity index (χ0) is 19.0. The molecule has 1 unspecified atom stereocenters. The molecule has 12 heteroatoms. The number of allylic oxidation sites excluding steroid dienone is 1. The molecule has 8 nitrogen and oxygen atoms in total. The lowest BCUT2D eigenvalue weighted by atomic mass is 9.97. The first-order valence-electron chi connectivity index (χ1n) is 7.00. The quantitative estimate of drug-likeness (QED) is 0.241. The molecular formula is C13H15F3N2O6S. The van der Waals surface area contributed by atoms with Crippen LogP contribution in [0, 0.1) is 0 Å². The maximum absolute atomic E-state index is 12.5. The van der Waals surface area contributed by atoms with Gasteiger partial charge in [0.05, 0.1) is 17.8 Å². The number of hydrogen-bond acceptors (Lipinski definition) is 7. The Bertz CT molecular complexity index is 752. The van der Waals surface area contributed by atoms with E-state index in [4.69, 9.17) is 15.3 Å². The van der Waals surface area contributed by atoms with Gasteiger partial charge in [-0.3, -0.25) is 4.79 Å². The van der Waals surface area contributed by atoms with Crippen molar-refractivity contribution < 1.29 is 40.7 Å². The maximum Gasteiger partial charge on any atom is 0.518 e. The van der Waals surface area contributed by atoms with Gasteiger partial charge in [-0.1, -0.05) is 12.2 Å². The highest BCUT2D eigenvalue weighted by Crippen LogP contribution is 2.30. The molecular weight excluding hydrogens is 369 g/mol. The van der Waals surface area contributed by atoms with Crippen molar-refractivity contribution in [2.75, 3.05) is 13.2 Å². The van der Waals surface area contributed by atoms with Gasteiger partial charge in [0.1, 0.15) is 12.2 Å². The fourth-order valence-corrected chi connectivity index (χ4v) is 2.47. The van der Waals surface area contributed by atoms with Gasteiger partial charge in [-0.15, -0.1) is 0 Å². The van der Waals surface area contributed by atoms with Gasteiger partial charge in [-0.05, 0) is 19.8 Å². The topological polar surface area (TPSA) is 119 Å². The molecule has 1 heterocycles. The number of sulfonamides is 1. The molecule has 1 saturated heterocycles. The lowest BCUT2D eigenvalue weighted by Crippen LogP contribution is -2.49. The summed E-state index contributed by atoms with van der Waals surface area (Å²) >= 11 is 0. The molecule has 2 N–H and O–H groups in total. The van der Waals surface area contributed by atoms with Gasteiger partial charge in [-0.2, -0.15) is 26.0 Å². The highest BCUT2D eigenvalue weighted by Gasteiger charge is 2.52. The molecule has 0 radical (unpaired) electrons. The number of epoxide rings is 1. The number of halogens is 3. The molecule has 1 atom stereocenters. The van der Waals surface area contributed by atoms with Crippen molar-refractivity contribution >= 4 is 21.9 Å². The summed E-state index contributed by atoms with van der Waals surface area (Å²) in [6.07, 6.45) is 2.77. The number of esters is 1. The summed E-state index contributed by atoms with van der Waals surface area (Å²) in [5.41, 5.74) is -7.18. The van der Waals surface area contributed by atoms with E-state index in [0.29, 0.717) is 13.0 Å². The predicted octanol–water partition coefficient (Wildman–Crippen LogP) is 0.517. The van der Waals surface area contributed by atoms with Crippen LogP contribution in [0.2, 0.25) is 0 Å². The van der Waals surface area contributed by atoms with Crippen LogP contribution in [0.1, 0.15) is 19.8 Å². The van der Waals surface area contributed by atoms with Crippen LogP contribution in [0.25, 0.3) is 0 Å². The number of hydrazine groups is 1. The second-order valence-corrected chi connectivity index (χ2v) is 7.51. The molecule has 1 fully saturated rings. The Balaban J connectivity index is 2.26. The molecule has 0 aromatic carbocycles. The second-order valence-electron chi connectivity index (χ2n) is 5.70. The van der Waals surface area contributed by atoms with E-state index in [1.54, 1.807) is 6.92 Å². The summed E-state index contributed by atoms with van der Waals surface area (Å²) < 4.78 is 69.2. The van der Waals surface area contributed by atoms with Crippen molar-refractivity contribution in [3.8, 4) is 0 Å². The highest BCUT2D eigenvalue weighted by atomic mass is 32.2. The molecule has 140 valence electrons. The lowest BCUT2D eigenvalue weighted by molar-refractivity contribution is -0.141. The Morgan fingerprint density at radius 1 is 1.44 bits per heavy atom. The first-order valence-corrected chi connectivity index (χ1v) is 8.44. The molecule has 1 aliphatic heterocycles. The molecule has 25 heavy (non-hydrogen) atoms. The third-order valence-electron chi connectivity index (χ3n) is 3.54. The van der Waals surface area contributed by atoms with E-state index in [0.717, 1.165) is 6.08 Å². The van der Waals surface area contributed by atoms with E-state index in [1.165, 1.54) is 6.08 Å². The van der Waals surface area contributed by atoms with Crippen LogP contribution in [0.3, 0.4) is 0 Å². The van der Waals surface area contributed by atoms with Gasteiger partial charge in [0.25, 0.3) is 5.91 Å². The summed E-state index contributed by atoms with van der Waals surface area (Å²) in [5.74, 6) is 2.25. The number of nitrogens with two attached hydrogens (primary N) is 1. The Labute approximate surface area is 141 Å². The fourth-order valence-electron chi connectivity index (χ4n) is 1.93. The standard InChI is InChI=1S/C13H15F3N2O6S/c1-12(7-24-12)6-23-11(20)9-5-3-2-4-8(9)10(19)18(17)25(21,22)13(14,15)16/h2,4H,3,5-7,17H2,1H3. The predicted molar refractivity (Wildman–Crippen MR) is 76.7 cm³/mol. The van der Waals surface area contributed by atoms with Crippen molar-refractivity contribution in [2.45, 2.75) is 30.9 Å². The Hall–Kier alpha value is -1.92. The third-order valence-corrected chi connectivity index (χ3v) is 4.81. The number of ether oxygens (including phenoxy) is 2. The van der Waals surface area contributed by atoms with Gasteiger partial charge >= 0.3 is 21.5 Å². The van der Waals surface area contributed by atoms with Crippen LogP contribution in [0.4, 0.5) is 13.2 Å². The number of hydrogen-bond donors (Lipinski definition) is 1. The highest BCUT2D eigenvalue weighted by molar-refractivity contribution is 7.90. The summed E-state index contributed by atoms with van der Waals surface area (Å²) in [7, 11) is -6.08. The van der Waals surface area contributed by atoms with Gasteiger partial charge < -0.3 is 9.47 Å². The Kier molecular flexibility index (Phi) is 4.99. The molecule has 0 bridgehead atoms. The molecule has 1 aliphatic carbocycles. The van der Waals surface area contributed by atoms with Crippen molar-refractivity contribution in [1.29, 1.82) is 0 Å². The van der Waals surface area contributed by atoms with Crippen molar-refractivity contribution in [3.63, 3.8) is 0 Å². The molecule has 2 aliphatic rings. The van der Waals surface area contributed by atoms with Crippen LogP contribution in [0.5, 0.6) is 0 Å². The van der Waals surface area contributed by atoms with Crippen molar-refractivity contribution in [2.24, 2.45) is 5.84 Å². The van der Waals surface area contributed by atoms with Gasteiger partial charge in [0.2, 0.25) is 0 Å². The van der Waals surface area contributed by atoms with Crippen molar-refractivity contribution in [1.82, 2.24) is 4.41 Å². The third kappa shape index (κ3) is 4.02. The minimum atomic E-state index is -6.08. The summed E-state index contributed by atoms with van der Waals surface area (Å²) in [5, 5.41) is 0. The maximum atomic E-state index is 12.5. The van der Waals surface area contributed by atoms with Crippen LogP contribution < -0.4 is 5.84 Å². The van der Waals surface area contributed by atoms with Crippen molar-refractivity contribution in [3.05, 3.63) is 23.3 Å². The van der Waals surface area contributed by atoms with E-state index in [9.17, 15) is 31.2 Å². The normalized spacial score (nSPS) is 23.4. The summed E-state index contributed by atoms with van der Waals surface area (Å²) in [6, 6.07) is 0. The zero-order valence-electron chi connectivity index (χ0n) is 13.0. The molecule has 0 aromatic rings. The van der Waals surface area contributed by atoms with Gasteiger partial charge in [0, 0.05) is 0 Å². The number of rotatable bonds is 5. The second kappa shape index (κ2) is 6.42. The molecule has 0 spiro atoms. The first-order chi connectivity index (χ1) is 11.4. The van der Waals surface area contributed by atoms with E-state index in [2.05, 4.69) is 0 Å². The average molecular weight is 384 g/mol. The van der Waals surface area contributed by atoms with E-state index >= 15 is 0 Å². The minimum Gasteiger partial charge on any atom is -0.459 e. The smallest absolute Gasteiger partial charge is 0.459 e. The number of amides is 1. The molecule has 2 rings (SSSR count). The lowest BCUT2D eigenvalue weighted by Gasteiger charge is -2.21. The van der Waals surface area contributed by atoms with Crippen LogP contribution in [-0.2, 0) is 29.1 Å². The van der Waals surface area contributed by atoms with Crippen LogP contribution in [-0.4, -0.2) is 49.0 Å². The SMILES string of the molecule is CC1(COC(=O)C2=C(C(=O)N(N)S(=O)(=O)C(F)(F)F)C=CCC2)CO1. The fraction of sp³-hybridized carbons (Fsp3) is 0.538. The monoisotopic (exact) mass is 384 g/mol. The Morgan fingerprint density at radius 2 is 2.04 bits per heavy atom. The number of carbonyl (C=O) groups excluding carboxylic acids is 2.